The highest BCUT2D eigenvalue weighted by Crippen LogP contribution is 2.61. The fraction of sp³-hybridized carbons (Fsp3) is 0.842. The van der Waals surface area contributed by atoms with Gasteiger partial charge in [-0.25, -0.2) is 0 Å². The van der Waals surface area contributed by atoms with Crippen LogP contribution in [0.4, 0.5) is 0 Å². The summed E-state index contributed by atoms with van der Waals surface area (Å²) in [7, 11) is 0. The van der Waals surface area contributed by atoms with Crippen molar-refractivity contribution in [2.45, 2.75) is 77.3 Å². The molecule has 0 saturated heterocycles. The first kappa shape index (κ1) is 14.9. The van der Waals surface area contributed by atoms with E-state index in [-0.39, 0.29) is 5.91 Å². The van der Waals surface area contributed by atoms with Crippen molar-refractivity contribution in [2.75, 3.05) is 0 Å². The number of hydrogen-bond donors (Lipinski definition) is 1. The predicted molar refractivity (Wildman–Crippen MR) is 90.0 cm³/mol. The third-order valence-corrected chi connectivity index (χ3v) is 7.08. The number of fused-ring (bicyclic) bond motifs is 1. The highest BCUT2D eigenvalue weighted by Gasteiger charge is 2.51. The summed E-state index contributed by atoms with van der Waals surface area (Å²) in [6.07, 6.45) is 12.4. The first-order chi connectivity index (χ1) is 11.7. The lowest BCUT2D eigenvalue weighted by Gasteiger charge is -2.56. The Kier molecular flexibility index (Phi) is 3.46. The van der Waals surface area contributed by atoms with E-state index in [2.05, 4.69) is 20.1 Å². The molecule has 4 aliphatic carbocycles. The molecule has 5 aliphatic rings. The van der Waals surface area contributed by atoms with Gasteiger partial charge in [0.05, 0.1) is 6.54 Å². The molecule has 0 atom stereocenters. The summed E-state index contributed by atoms with van der Waals surface area (Å²) in [6.45, 7) is 1.54. The SMILES string of the molecule is O=C(CC12CC3CC(CC(C3)C1)C2)NCc1nnc2n1CCCC2. The van der Waals surface area contributed by atoms with Crippen LogP contribution in [0.5, 0.6) is 0 Å². The zero-order valence-corrected chi connectivity index (χ0v) is 14.5. The average molecular weight is 328 g/mol. The lowest BCUT2D eigenvalue weighted by Crippen LogP contribution is -2.48. The topological polar surface area (TPSA) is 59.8 Å². The summed E-state index contributed by atoms with van der Waals surface area (Å²) in [4.78, 5) is 12.6. The monoisotopic (exact) mass is 328 g/mol. The number of amides is 1. The smallest absolute Gasteiger partial charge is 0.220 e. The zero-order valence-electron chi connectivity index (χ0n) is 14.5. The number of hydrogen-bond acceptors (Lipinski definition) is 3. The molecule has 0 spiro atoms. The molecule has 1 N–H and O–H groups in total. The van der Waals surface area contributed by atoms with Crippen LogP contribution in [0.2, 0.25) is 0 Å². The Bertz CT molecular complexity index is 615. The molecule has 2 heterocycles. The molecule has 4 saturated carbocycles. The molecule has 5 nitrogen and oxygen atoms in total. The van der Waals surface area contributed by atoms with Crippen LogP contribution in [0.25, 0.3) is 0 Å². The van der Waals surface area contributed by atoms with Gasteiger partial charge >= 0.3 is 0 Å². The van der Waals surface area contributed by atoms with Crippen molar-refractivity contribution in [1.82, 2.24) is 20.1 Å². The van der Waals surface area contributed by atoms with E-state index >= 15 is 0 Å². The Balaban J connectivity index is 1.21. The first-order valence-corrected chi connectivity index (χ1v) is 9.87. The van der Waals surface area contributed by atoms with Gasteiger partial charge in [0.25, 0.3) is 0 Å². The van der Waals surface area contributed by atoms with Crippen molar-refractivity contribution in [2.24, 2.45) is 23.2 Å². The second-order valence-electron chi connectivity index (χ2n) is 9.01. The minimum absolute atomic E-state index is 0.227. The van der Waals surface area contributed by atoms with Gasteiger partial charge in [0.15, 0.2) is 5.82 Å². The van der Waals surface area contributed by atoms with E-state index < -0.39 is 0 Å². The number of nitrogens with zero attached hydrogens (tertiary/aromatic N) is 3. The van der Waals surface area contributed by atoms with Crippen molar-refractivity contribution < 1.29 is 4.79 Å². The number of carbonyl (C=O) groups is 1. The van der Waals surface area contributed by atoms with Crippen molar-refractivity contribution in [1.29, 1.82) is 0 Å². The molecule has 24 heavy (non-hydrogen) atoms. The molecular weight excluding hydrogens is 300 g/mol. The van der Waals surface area contributed by atoms with Gasteiger partial charge in [-0.15, -0.1) is 10.2 Å². The van der Waals surface area contributed by atoms with E-state index in [1.54, 1.807) is 0 Å². The van der Waals surface area contributed by atoms with Gasteiger partial charge in [0.1, 0.15) is 5.82 Å². The molecule has 5 heteroatoms. The Morgan fingerprint density at radius 1 is 1.08 bits per heavy atom. The van der Waals surface area contributed by atoms with Crippen molar-refractivity contribution in [3.63, 3.8) is 0 Å². The highest BCUT2D eigenvalue weighted by atomic mass is 16.1. The second-order valence-corrected chi connectivity index (χ2v) is 9.01. The summed E-state index contributed by atoms with van der Waals surface area (Å²) in [5.41, 5.74) is 0.323. The van der Waals surface area contributed by atoms with Crippen molar-refractivity contribution >= 4 is 5.91 Å². The van der Waals surface area contributed by atoms with Gasteiger partial charge in [-0.1, -0.05) is 0 Å². The quantitative estimate of drug-likeness (QED) is 0.924. The van der Waals surface area contributed by atoms with E-state index in [1.807, 2.05) is 0 Å². The number of aromatic nitrogens is 3. The maximum Gasteiger partial charge on any atom is 0.220 e. The molecule has 6 rings (SSSR count). The summed E-state index contributed by atoms with van der Waals surface area (Å²) < 4.78 is 2.20. The zero-order chi connectivity index (χ0) is 16.1. The third-order valence-electron chi connectivity index (χ3n) is 7.08. The van der Waals surface area contributed by atoms with Gasteiger partial charge in [-0.3, -0.25) is 4.79 Å². The van der Waals surface area contributed by atoms with Crippen LogP contribution in [0.15, 0.2) is 0 Å². The van der Waals surface area contributed by atoms with Crippen LogP contribution in [-0.4, -0.2) is 20.7 Å². The number of aryl methyl sites for hydroxylation is 1. The molecule has 4 bridgehead atoms. The molecule has 1 amide bonds. The van der Waals surface area contributed by atoms with E-state index in [0.29, 0.717) is 12.0 Å². The van der Waals surface area contributed by atoms with E-state index in [4.69, 9.17) is 0 Å². The van der Waals surface area contributed by atoms with E-state index in [0.717, 1.165) is 48.8 Å². The molecule has 0 aromatic carbocycles. The Morgan fingerprint density at radius 2 is 1.79 bits per heavy atom. The molecule has 0 radical (unpaired) electrons. The van der Waals surface area contributed by atoms with Crippen LogP contribution in [0, 0.1) is 23.2 Å². The molecule has 1 aliphatic heterocycles. The molecule has 4 fully saturated rings. The lowest BCUT2D eigenvalue weighted by molar-refractivity contribution is -0.129. The van der Waals surface area contributed by atoms with Gasteiger partial charge in [0.2, 0.25) is 5.91 Å². The summed E-state index contributed by atoms with van der Waals surface area (Å²) in [5.74, 6) is 4.98. The number of carbonyl (C=O) groups excluding carboxylic acids is 1. The molecule has 0 unspecified atom stereocenters. The lowest BCUT2D eigenvalue weighted by atomic mass is 9.49. The van der Waals surface area contributed by atoms with Crippen molar-refractivity contribution in [3.8, 4) is 0 Å². The Labute approximate surface area is 143 Å². The molecular formula is C19H28N4O. The van der Waals surface area contributed by atoms with Crippen LogP contribution < -0.4 is 5.32 Å². The van der Waals surface area contributed by atoms with Crippen LogP contribution in [-0.2, 0) is 24.3 Å². The summed E-state index contributed by atoms with van der Waals surface area (Å²) in [5, 5.41) is 11.7. The largest absolute Gasteiger partial charge is 0.349 e. The van der Waals surface area contributed by atoms with E-state index in [1.165, 1.54) is 51.4 Å². The van der Waals surface area contributed by atoms with Gasteiger partial charge in [-0.05, 0) is 74.5 Å². The molecule has 130 valence electrons. The Morgan fingerprint density at radius 3 is 2.50 bits per heavy atom. The first-order valence-electron chi connectivity index (χ1n) is 9.87. The second kappa shape index (κ2) is 5.57. The molecule has 1 aromatic heterocycles. The average Bonchev–Trinajstić information content (AvgIpc) is 2.94. The maximum absolute atomic E-state index is 12.6. The number of rotatable bonds is 4. The summed E-state index contributed by atoms with van der Waals surface area (Å²) in [6, 6.07) is 0. The van der Waals surface area contributed by atoms with E-state index in [9.17, 15) is 4.79 Å². The fourth-order valence-electron chi connectivity index (χ4n) is 6.59. The number of nitrogens with one attached hydrogen (secondary N) is 1. The predicted octanol–water partition coefficient (Wildman–Crippen LogP) is 2.84. The minimum Gasteiger partial charge on any atom is -0.349 e. The highest BCUT2D eigenvalue weighted by molar-refractivity contribution is 5.76. The van der Waals surface area contributed by atoms with Gasteiger partial charge in [-0.2, -0.15) is 0 Å². The standard InChI is InChI=1S/C19H28N4O/c24-18(20-12-17-22-21-16-3-1-2-4-23(16)17)11-19-8-13-5-14(9-19)7-15(6-13)10-19/h13-15H,1-12H2,(H,20,24). The fourth-order valence-corrected chi connectivity index (χ4v) is 6.59. The van der Waals surface area contributed by atoms with Gasteiger partial charge in [0, 0.05) is 19.4 Å². The van der Waals surface area contributed by atoms with Crippen molar-refractivity contribution in [3.05, 3.63) is 11.6 Å². The van der Waals surface area contributed by atoms with Crippen LogP contribution in [0.3, 0.4) is 0 Å². The minimum atomic E-state index is 0.227. The Hall–Kier alpha value is -1.39. The maximum atomic E-state index is 12.6. The van der Waals surface area contributed by atoms with Crippen LogP contribution in [0.1, 0.15) is 69.4 Å². The van der Waals surface area contributed by atoms with Gasteiger partial charge < -0.3 is 9.88 Å². The normalized spacial score (nSPS) is 36.6. The molecule has 1 aromatic rings. The van der Waals surface area contributed by atoms with Crippen LogP contribution >= 0.6 is 0 Å². The third kappa shape index (κ3) is 2.56. The summed E-state index contributed by atoms with van der Waals surface area (Å²) >= 11 is 0.